The van der Waals surface area contributed by atoms with Gasteiger partial charge in [0.05, 0.1) is 35.1 Å². The van der Waals surface area contributed by atoms with E-state index >= 15 is 0 Å². The van der Waals surface area contributed by atoms with Gasteiger partial charge < -0.3 is 50.3 Å². The lowest BCUT2D eigenvalue weighted by molar-refractivity contribution is -0.139. The second-order valence-corrected chi connectivity index (χ2v) is 19.2. The summed E-state index contributed by atoms with van der Waals surface area (Å²) >= 11 is 1.55. The van der Waals surface area contributed by atoms with Gasteiger partial charge in [0.15, 0.2) is 11.5 Å². The minimum atomic E-state index is -0.468. The molecule has 1 atom stereocenters. The summed E-state index contributed by atoms with van der Waals surface area (Å²) in [5.74, 6) is 1.56. The molecule has 73 heavy (non-hydrogen) atoms. The SMILES string of the molecule is Cc1ncsc1-c1ccc(CNC(=O)C2CCCN2C(=O)CC(C)C)c(OCCOCC(=O)N2CCN(c3ccc(Nc4nc(-c5cncc(N)n5)cn5ccnc45)cc3)CC2)c1.O=C1NCc2ccccc21. The van der Waals surface area contributed by atoms with E-state index in [1.165, 1.54) is 6.20 Å². The molecule has 19 nitrogen and oxygen atoms in total. The van der Waals surface area contributed by atoms with E-state index in [4.69, 9.17) is 20.2 Å². The van der Waals surface area contributed by atoms with Crippen molar-refractivity contribution >= 4 is 63.6 Å². The highest BCUT2D eigenvalue weighted by atomic mass is 32.1. The van der Waals surface area contributed by atoms with Crippen LogP contribution in [-0.4, -0.2) is 121 Å². The van der Waals surface area contributed by atoms with E-state index in [9.17, 15) is 19.2 Å². The summed E-state index contributed by atoms with van der Waals surface area (Å²) < 4.78 is 13.9. The number of thiazole rings is 1. The Morgan fingerprint density at radius 3 is 2.52 bits per heavy atom. The number of hydrogen-bond acceptors (Lipinski definition) is 15. The Labute approximate surface area is 427 Å². The predicted molar refractivity (Wildman–Crippen MR) is 279 cm³/mol. The lowest BCUT2D eigenvalue weighted by atomic mass is 10.1. The third-order valence-electron chi connectivity index (χ3n) is 12.8. The van der Waals surface area contributed by atoms with Crippen LogP contribution in [0, 0.1) is 12.8 Å². The van der Waals surface area contributed by atoms with Crippen LogP contribution in [0.2, 0.25) is 0 Å². The van der Waals surface area contributed by atoms with Crippen molar-refractivity contribution < 1.29 is 28.7 Å². The number of likely N-dealkylation sites (tertiary alicyclic amines) is 1. The number of nitrogens with one attached hydrogen (secondary N) is 3. The molecular formula is C53H59N13O6S. The maximum atomic E-state index is 13.3. The molecule has 1 unspecified atom stereocenters. The van der Waals surface area contributed by atoms with Crippen molar-refractivity contribution in [3.05, 3.63) is 126 Å². The number of nitrogens with two attached hydrogens (primary N) is 1. The zero-order valence-corrected chi connectivity index (χ0v) is 41.9. The monoisotopic (exact) mass is 1010 g/mol. The number of benzene rings is 3. The van der Waals surface area contributed by atoms with E-state index in [0.717, 1.165) is 50.6 Å². The van der Waals surface area contributed by atoms with Crippen LogP contribution >= 0.6 is 11.3 Å². The van der Waals surface area contributed by atoms with E-state index in [1.807, 2.05) is 115 Å². The van der Waals surface area contributed by atoms with Crippen LogP contribution < -0.4 is 31.3 Å². The molecule has 0 saturated carbocycles. The van der Waals surface area contributed by atoms with Crippen LogP contribution in [0.1, 0.15) is 60.3 Å². The van der Waals surface area contributed by atoms with Crippen LogP contribution in [0.5, 0.6) is 5.75 Å². The number of carbonyl (C=O) groups excluding carboxylic acids is 4. The Bertz CT molecular complexity index is 3080. The van der Waals surface area contributed by atoms with Crippen LogP contribution in [0.4, 0.5) is 23.0 Å². The predicted octanol–water partition coefficient (Wildman–Crippen LogP) is 6.27. The molecule has 7 heterocycles. The van der Waals surface area contributed by atoms with Crippen molar-refractivity contribution in [3.8, 4) is 27.6 Å². The molecule has 20 heteroatoms. The maximum Gasteiger partial charge on any atom is 0.251 e. The molecule has 0 spiro atoms. The van der Waals surface area contributed by atoms with Crippen LogP contribution in [0.25, 0.3) is 27.5 Å². The van der Waals surface area contributed by atoms with Gasteiger partial charge in [0.1, 0.15) is 42.2 Å². The molecular weight excluding hydrogens is 947 g/mol. The molecule has 3 aliphatic heterocycles. The molecule has 0 bridgehead atoms. The summed E-state index contributed by atoms with van der Waals surface area (Å²) in [6, 6.07) is 21.2. The Morgan fingerprint density at radius 2 is 1.75 bits per heavy atom. The fraction of sp³-hybridized carbons (Fsp3) is 0.340. The van der Waals surface area contributed by atoms with E-state index in [-0.39, 0.29) is 55.9 Å². The average Bonchev–Trinajstić information content (AvgIpc) is 4.25. The molecule has 2 fully saturated rings. The maximum absolute atomic E-state index is 13.3. The summed E-state index contributed by atoms with van der Waals surface area (Å²) in [5, 5.41) is 9.19. The minimum absolute atomic E-state index is 0.0225. The number of rotatable bonds is 16. The number of anilines is 4. The fourth-order valence-corrected chi connectivity index (χ4v) is 9.84. The number of imidazole rings is 1. The zero-order chi connectivity index (χ0) is 50.8. The van der Waals surface area contributed by atoms with Crippen molar-refractivity contribution in [2.75, 3.05) is 68.5 Å². The Hall–Kier alpha value is -7.97. The smallest absolute Gasteiger partial charge is 0.251 e. The normalized spacial score (nSPS) is 15.2. The van der Waals surface area contributed by atoms with Crippen molar-refractivity contribution in [1.82, 2.24) is 49.8 Å². The molecule has 3 aromatic carbocycles. The standard InChI is InChI=1S/C45H52N12O5S.C8H7NO/c1-29(2)21-40(58)57-13-4-5-37(57)45(60)49-23-32-7-6-31(42-30(3)50-28-63-42)22-38(32)62-20-19-61-27-41(59)55-17-15-54(16-18-55)34-10-8-33(9-11-34)51-43-44-48-12-14-56(44)26-36(53-43)35-24-47-25-39(46)52-35;10-8-7-4-2-1-3-6(7)5-9-8/h6-12,14,22,24-26,28-29,37H,4-5,13,15-21,23,27H2,1-3H3,(H2,46,52)(H,49,60)(H,51,53);1-4H,5H2,(H,9,10). The number of nitrogen functional groups attached to an aromatic ring is 1. The van der Waals surface area contributed by atoms with Gasteiger partial charge in [-0.3, -0.25) is 24.2 Å². The quantitative estimate of drug-likeness (QED) is 0.0783. The topological polar surface area (TPSA) is 227 Å². The summed E-state index contributed by atoms with van der Waals surface area (Å²) in [5.41, 5.74) is 16.0. The number of aromatic nitrogens is 6. The fourth-order valence-electron chi connectivity index (χ4n) is 9.04. The van der Waals surface area contributed by atoms with Crippen molar-refractivity contribution in [2.24, 2.45) is 5.92 Å². The van der Waals surface area contributed by atoms with Crippen LogP contribution in [0.3, 0.4) is 0 Å². The first kappa shape index (κ1) is 50.0. The van der Waals surface area contributed by atoms with Gasteiger partial charge in [0, 0.05) is 93.3 Å². The lowest BCUT2D eigenvalue weighted by Gasteiger charge is -2.36. The Balaban J connectivity index is 0.000000581. The molecule has 0 aliphatic carbocycles. The number of piperazine rings is 1. The average molecular weight is 1010 g/mol. The minimum Gasteiger partial charge on any atom is -0.491 e. The third kappa shape index (κ3) is 12.2. The molecule has 4 amide bonds. The highest BCUT2D eigenvalue weighted by Gasteiger charge is 2.34. The van der Waals surface area contributed by atoms with Gasteiger partial charge in [-0.25, -0.2) is 19.9 Å². The van der Waals surface area contributed by atoms with Gasteiger partial charge in [-0.15, -0.1) is 11.3 Å². The van der Waals surface area contributed by atoms with E-state index in [2.05, 4.69) is 40.8 Å². The summed E-state index contributed by atoms with van der Waals surface area (Å²) in [7, 11) is 0. The molecule has 7 aromatic rings. The van der Waals surface area contributed by atoms with Gasteiger partial charge in [-0.1, -0.05) is 44.2 Å². The first-order valence-corrected chi connectivity index (χ1v) is 25.3. The van der Waals surface area contributed by atoms with Crippen molar-refractivity contribution in [2.45, 2.75) is 59.2 Å². The van der Waals surface area contributed by atoms with Crippen LogP contribution in [0.15, 0.2) is 103 Å². The van der Waals surface area contributed by atoms with Crippen LogP contribution in [-0.2, 0) is 32.2 Å². The first-order chi connectivity index (χ1) is 35.5. The van der Waals surface area contributed by atoms with Crippen molar-refractivity contribution in [1.29, 1.82) is 0 Å². The Morgan fingerprint density at radius 1 is 0.932 bits per heavy atom. The van der Waals surface area contributed by atoms with Crippen molar-refractivity contribution in [3.63, 3.8) is 0 Å². The number of amides is 4. The largest absolute Gasteiger partial charge is 0.491 e. The van der Waals surface area contributed by atoms with Gasteiger partial charge in [0.25, 0.3) is 5.91 Å². The second kappa shape index (κ2) is 23.1. The molecule has 378 valence electrons. The van der Waals surface area contributed by atoms with E-state index in [1.54, 1.807) is 28.6 Å². The first-order valence-electron chi connectivity index (χ1n) is 24.5. The molecule has 5 N–H and O–H groups in total. The molecule has 0 radical (unpaired) electrons. The number of hydrogen-bond donors (Lipinski definition) is 4. The van der Waals surface area contributed by atoms with Gasteiger partial charge in [0.2, 0.25) is 17.7 Å². The van der Waals surface area contributed by atoms with Gasteiger partial charge in [-0.05, 0) is 73.2 Å². The van der Waals surface area contributed by atoms with Gasteiger partial charge in [-0.2, -0.15) is 0 Å². The lowest BCUT2D eigenvalue weighted by Crippen LogP contribution is -2.49. The summed E-state index contributed by atoms with van der Waals surface area (Å²) in [6.07, 6.45) is 10.4. The number of carbonyl (C=O) groups is 4. The van der Waals surface area contributed by atoms with Gasteiger partial charge >= 0.3 is 0 Å². The van der Waals surface area contributed by atoms with E-state index in [0.29, 0.717) is 86.5 Å². The highest BCUT2D eigenvalue weighted by Crippen LogP contribution is 2.33. The molecule has 10 rings (SSSR count). The molecule has 2 saturated heterocycles. The zero-order valence-electron chi connectivity index (χ0n) is 41.1. The number of fused-ring (bicyclic) bond motifs is 2. The summed E-state index contributed by atoms with van der Waals surface area (Å²) in [4.78, 5) is 79.3. The third-order valence-corrected chi connectivity index (χ3v) is 13.8. The number of aryl methyl sites for hydroxylation is 1. The molecule has 3 aliphatic rings. The second-order valence-electron chi connectivity index (χ2n) is 18.4. The Kier molecular flexibility index (Phi) is 15.8. The number of ether oxygens (including phenoxy) is 2. The van der Waals surface area contributed by atoms with E-state index < -0.39 is 6.04 Å². The summed E-state index contributed by atoms with van der Waals surface area (Å²) in [6.45, 7) is 10.4. The highest BCUT2D eigenvalue weighted by molar-refractivity contribution is 7.13. The number of nitrogens with zero attached hydrogens (tertiary/aromatic N) is 9. The molecule has 4 aromatic heterocycles.